The first-order valence-electron chi connectivity index (χ1n) is 5.15. The van der Waals surface area contributed by atoms with Gasteiger partial charge in [-0.1, -0.05) is 19.6 Å². The molecule has 0 unspecified atom stereocenters. The molecule has 0 amide bonds. The maximum atomic E-state index is 11.6. The molecule has 2 rings (SSSR count). The van der Waals surface area contributed by atoms with Gasteiger partial charge in [-0.25, -0.2) is 0 Å². The van der Waals surface area contributed by atoms with E-state index in [0.29, 0.717) is 24.7 Å². The lowest BCUT2D eigenvalue weighted by molar-refractivity contribution is -0.149. The Morgan fingerprint density at radius 1 is 1.57 bits per heavy atom. The predicted octanol–water partition coefficient (Wildman–Crippen LogP) is 1.53. The summed E-state index contributed by atoms with van der Waals surface area (Å²) in [4.78, 5) is 11.6. The van der Waals surface area contributed by atoms with Crippen molar-refractivity contribution in [2.24, 2.45) is 11.8 Å². The molecule has 0 aromatic heterocycles. The van der Waals surface area contributed by atoms with Gasteiger partial charge in [-0.15, -0.1) is 0 Å². The van der Waals surface area contributed by atoms with Gasteiger partial charge in [0.25, 0.3) is 0 Å². The molecule has 1 saturated heterocycles. The molecule has 1 heterocycles. The van der Waals surface area contributed by atoms with Crippen LogP contribution in [0.4, 0.5) is 0 Å². The van der Waals surface area contributed by atoms with E-state index in [-0.39, 0.29) is 11.9 Å². The maximum absolute atomic E-state index is 11.6. The molecule has 2 fully saturated rings. The van der Waals surface area contributed by atoms with Crippen molar-refractivity contribution < 1.29 is 14.3 Å². The summed E-state index contributed by atoms with van der Waals surface area (Å²) in [6, 6.07) is 0. The Kier molecular flexibility index (Phi) is 2.59. The van der Waals surface area contributed by atoms with E-state index in [4.69, 9.17) is 9.47 Å². The van der Waals surface area contributed by atoms with Crippen LogP contribution in [0.1, 0.15) is 19.8 Å². The number of carbonyl (C=O) groups excluding carboxylic acids is 1. The van der Waals surface area contributed by atoms with Crippen LogP contribution in [0.3, 0.4) is 0 Å². The van der Waals surface area contributed by atoms with E-state index < -0.39 is 0 Å². The molecule has 0 spiro atoms. The number of esters is 1. The average Bonchev–Trinajstić information content (AvgIpc) is 2.90. The third-order valence-electron chi connectivity index (χ3n) is 3.11. The number of ether oxygens (including phenoxy) is 2. The predicted molar refractivity (Wildman–Crippen MR) is 51.7 cm³/mol. The zero-order valence-electron chi connectivity index (χ0n) is 8.44. The quantitative estimate of drug-likeness (QED) is 0.390. The number of hydrogen-bond donors (Lipinski definition) is 0. The summed E-state index contributed by atoms with van der Waals surface area (Å²) < 4.78 is 10.5. The molecule has 0 aromatic carbocycles. The Balaban J connectivity index is 1.88. The Hall–Kier alpha value is -0.830. The van der Waals surface area contributed by atoms with E-state index in [1.807, 2.05) is 0 Å². The Bertz CT molecular complexity index is 249. The van der Waals surface area contributed by atoms with Crippen molar-refractivity contribution >= 4 is 5.97 Å². The summed E-state index contributed by atoms with van der Waals surface area (Å²) in [5.41, 5.74) is 0. The first kappa shape index (κ1) is 9.71. The van der Waals surface area contributed by atoms with Crippen LogP contribution in [0.5, 0.6) is 0 Å². The Morgan fingerprint density at radius 2 is 2.29 bits per heavy atom. The van der Waals surface area contributed by atoms with E-state index in [1.54, 1.807) is 6.08 Å². The standard InChI is InChI=1S/C11H16O3/c1-3-4-13-11(12)8-6-10-9(14-10)5-7(8)2/h3,7-10H,1,4-6H2,2H3/t7-,8+,9-,10-/m0/s1. The van der Waals surface area contributed by atoms with E-state index in [0.717, 1.165) is 12.8 Å². The summed E-state index contributed by atoms with van der Waals surface area (Å²) >= 11 is 0. The molecule has 1 aliphatic carbocycles. The SMILES string of the molecule is C=CCOC(=O)[C@@H]1C[C@@H]2O[C@H]2C[C@@H]1C. The highest BCUT2D eigenvalue weighted by Crippen LogP contribution is 2.42. The minimum atomic E-state index is -0.0913. The molecule has 0 N–H and O–H groups in total. The molecule has 0 aromatic rings. The Labute approximate surface area is 84.1 Å². The molecule has 0 bridgehead atoms. The van der Waals surface area contributed by atoms with Crippen LogP contribution in [0.2, 0.25) is 0 Å². The lowest BCUT2D eigenvalue weighted by atomic mass is 9.80. The molecule has 2 aliphatic rings. The summed E-state index contributed by atoms with van der Waals surface area (Å²) in [5, 5.41) is 0. The van der Waals surface area contributed by atoms with E-state index in [2.05, 4.69) is 13.5 Å². The maximum Gasteiger partial charge on any atom is 0.309 e. The van der Waals surface area contributed by atoms with Gasteiger partial charge in [0.2, 0.25) is 0 Å². The number of carbonyl (C=O) groups is 1. The summed E-state index contributed by atoms with van der Waals surface area (Å²) in [5.74, 6) is 0.320. The third kappa shape index (κ3) is 1.82. The molecule has 1 aliphatic heterocycles. The fraction of sp³-hybridized carbons (Fsp3) is 0.727. The highest BCUT2D eigenvalue weighted by atomic mass is 16.6. The normalized spacial score (nSPS) is 39.8. The van der Waals surface area contributed by atoms with Gasteiger partial charge in [-0.3, -0.25) is 4.79 Å². The lowest BCUT2D eigenvalue weighted by Gasteiger charge is -2.23. The fourth-order valence-corrected chi connectivity index (χ4v) is 2.18. The molecule has 4 atom stereocenters. The van der Waals surface area contributed by atoms with Gasteiger partial charge in [0.05, 0.1) is 18.1 Å². The van der Waals surface area contributed by atoms with Gasteiger partial charge in [0.1, 0.15) is 6.61 Å². The van der Waals surface area contributed by atoms with E-state index >= 15 is 0 Å². The van der Waals surface area contributed by atoms with Crippen LogP contribution >= 0.6 is 0 Å². The number of rotatable bonds is 3. The van der Waals surface area contributed by atoms with Gasteiger partial charge in [-0.2, -0.15) is 0 Å². The minimum absolute atomic E-state index is 0.0266. The Morgan fingerprint density at radius 3 is 3.00 bits per heavy atom. The molecular weight excluding hydrogens is 180 g/mol. The summed E-state index contributed by atoms with van der Waals surface area (Å²) in [6.07, 6.45) is 4.18. The highest BCUT2D eigenvalue weighted by molar-refractivity contribution is 5.73. The minimum Gasteiger partial charge on any atom is -0.461 e. The first-order valence-corrected chi connectivity index (χ1v) is 5.15. The molecule has 14 heavy (non-hydrogen) atoms. The van der Waals surface area contributed by atoms with Crippen LogP contribution < -0.4 is 0 Å². The highest BCUT2D eigenvalue weighted by Gasteiger charge is 2.49. The molecule has 0 radical (unpaired) electrons. The van der Waals surface area contributed by atoms with Crippen LogP contribution in [-0.2, 0) is 14.3 Å². The van der Waals surface area contributed by atoms with Crippen molar-refractivity contribution in [3.05, 3.63) is 12.7 Å². The van der Waals surface area contributed by atoms with E-state index in [9.17, 15) is 4.79 Å². The number of fused-ring (bicyclic) bond motifs is 1. The van der Waals surface area contributed by atoms with Crippen molar-refractivity contribution in [1.82, 2.24) is 0 Å². The fourth-order valence-electron chi connectivity index (χ4n) is 2.18. The average molecular weight is 196 g/mol. The molecule has 3 nitrogen and oxygen atoms in total. The van der Waals surface area contributed by atoms with Crippen molar-refractivity contribution in [1.29, 1.82) is 0 Å². The number of hydrogen-bond acceptors (Lipinski definition) is 3. The third-order valence-corrected chi connectivity index (χ3v) is 3.11. The number of epoxide rings is 1. The molecule has 3 heteroatoms. The van der Waals surface area contributed by atoms with Crippen molar-refractivity contribution in [2.75, 3.05) is 6.61 Å². The molecular formula is C11H16O3. The van der Waals surface area contributed by atoms with Gasteiger partial charge in [0.15, 0.2) is 0 Å². The second kappa shape index (κ2) is 3.73. The monoisotopic (exact) mass is 196 g/mol. The van der Waals surface area contributed by atoms with Crippen molar-refractivity contribution in [2.45, 2.75) is 32.0 Å². The summed E-state index contributed by atoms with van der Waals surface area (Å²) in [6.45, 7) is 5.93. The lowest BCUT2D eigenvalue weighted by Crippen LogP contribution is -2.30. The zero-order valence-corrected chi connectivity index (χ0v) is 8.44. The zero-order chi connectivity index (χ0) is 10.1. The van der Waals surface area contributed by atoms with Crippen LogP contribution in [-0.4, -0.2) is 24.8 Å². The van der Waals surface area contributed by atoms with Gasteiger partial charge in [0, 0.05) is 0 Å². The summed E-state index contributed by atoms with van der Waals surface area (Å²) in [7, 11) is 0. The van der Waals surface area contributed by atoms with Gasteiger partial charge >= 0.3 is 5.97 Å². The van der Waals surface area contributed by atoms with E-state index in [1.165, 1.54) is 0 Å². The molecule has 78 valence electrons. The van der Waals surface area contributed by atoms with Crippen LogP contribution in [0, 0.1) is 11.8 Å². The van der Waals surface area contributed by atoms with Crippen LogP contribution in [0.15, 0.2) is 12.7 Å². The second-order valence-corrected chi connectivity index (χ2v) is 4.19. The van der Waals surface area contributed by atoms with Crippen molar-refractivity contribution in [3.8, 4) is 0 Å². The smallest absolute Gasteiger partial charge is 0.309 e. The van der Waals surface area contributed by atoms with Crippen molar-refractivity contribution in [3.63, 3.8) is 0 Å². The first-order chi connectivity index (χ1) is 6.72. The van der Waals surface area contributed by atoms with Crippen LogP contribution in [0.25, 0.3) is 0 Å². The topological polar surface area (TPSA) is 38.8 Å². The van der Waals surface area contributed by atoms with Gasteiger partial charge in [-0.05, 0) is 18.8 Å². The van der Waals surface area contributed by atoms with Gasteiger partial charge < -0.3 is 9.47 Å². The molecule has 1 saturated carbocycles. The second-order valence-electron chi connectivity index (χ2n) is 4.19. The largest absolute Gasteiger partial charge is 0.461 e.